The molecule has 0 aliphatic heterocycles. The van der Waals surface area contributed by atoms with Gasteiger partial charge in [-0.2, -0.15) is 0 Å². The highest BCUT2D eigenvalue weighted by molar-refractivity contribution is 5.34. The smallest absolute Gasteiger partial charge is 0.165 e. The number of hydrogen-bond donors (Lipinski definition) is 1. The minimum Gasteiger partial charge on any atom is -0.453 e. The molecule has 0 aliphatic rings. The standard InChI is InChI=1S/C14H15FN2O/c1-9-3-5-12(15)14(7-9)18-11-4-6-13(10(2)16)17-8-11/h3-8,10H,16H2,1-2H3/t10-/m0/s1. The first kappa shape index (κ1) is 12.5. The van der Waals surface area contributed by atoms with E-state index in [4.69, 9.17) is 10.5 Å². The average molecular weight is 246 g/mol. The van der Waals surface area contributed by atoms with Gasteiger partial charge in [-0.15, -0.1) is 0 Å². The van der Waals surface area contributed by atoms with E-state index in [0.29, 0.717) is 5.75 Å². The van der Waals surface area contributed by atoms with Gasteiger partial charge in [0.1, 0.15) is 5.75 Å². The molecule has 18 heavy (non-hydrogen) atoms. The Balaban J connectivity index is 2.21. The second-order valence-corrected chi connectivity index (χ2v) is 4.24. The van der Waals surface area contributed by atoms with Gasteiger partial charge in [0.15, 0.2) is 11.6 Å². The lowest BCUT2D eigenvalue weighted by molar-refractivity contribution is 0.439. The summed E-state index contributed by atoms with van der Waals surface area (Å²) < 4.78 is 18.9. The summed E-state index contributed by atoms with van der Waals surface area (Å²) in [6.45, 7) is 3.73. The zero-order chi connectivity index (χ0) is 13.1. The summed E-state index contributed by atoms with van der Waals surface area (Å²) in [6.07, 6.45) is 1.54. The van der Waals surface area contributed by atoms with Gasteiger partial charge in [0, 0.05) is 6.04 Å². The van der Waals surface area contributed by atoms with Gasteiger partial charge in [0.25, 0.3) is 0 Å². The normalized spacial score (nSPS) is 12.2. The van der Waals surface area contributed by atoms with Crippen LogP contribution in [0.1, 0.15) is 24.2 Å². The maximum absolute atomic E-state index is 13.5. The number of hydrogen-bond acceptors (Lipinski definition) is 3. The Hall–Kier alpha value is -1.94. The largest absolute Gasteiger partial charge is 0.453 e. The zero-order valence-corrected chi connectivity index (χ0v) is 10.4. The number of nitrogens with zero attached hydrogens (tertiary/aromatic N) is 1. The predicted octanol–water partition coefficient (Wildman–Crippen LogP) is 3.34. The third-order valence-corrected chi connectivity index (χ3v) is 2.54. The van der Waals surface area contributed by atoms with Crippen molar-refractivity contribution < 1.29 is 9.13 Å². The molecule has 0 spiro atoms. The van der Waals surface area contributed by atoms with E-state index in [1.807, 2.05) is 13.8 Å². The molecule has 1 aromatic carbocycles. The fourth-order valence-corrected chi connectivity index (χ4v) is 1.54. The average Bonchev–Trinajstić information content (AvgIpc) is 2.34. The third kappa shape index (κ3) is 2.84. The van der Waals surface area contributed by atoms with Crippen LogP contribution in [0.15, 0.2) is 36.5 Å². The number of nitrogens with two attached hydrogens (primary N) is 1. The van der Waals surface area contributed by atoms with E-state index in [9.17, 15) is 4.39 Å². The highest BCUT2D eigenvalue weighted by atomic mass is 19.1. The molecule has 0 saturated carbocycles. The van der Waals surface area contributed by atoms with E-state index in [0.717, 1.165) is 11.3 Å². The van der Waals surface area contributed by atoms with Crippen LogP contribution in [0.25, 0.3) is 0 Å². The van der Waals surface area contributed by atoms with Crippen molar-refractivity contribution >= 4 is 0 Å². The van der Waals surface area contributed by atoms with Crippen molar-refractivity contribution in [1.29, 1.82) is 0 Å². The van der Waals surface area contributed by atoms with Crippen molar-refractivity contribution in [3.8, 4) is 11.5 Å². The summed E-state index contributed by atoms with van der Waals surface area (Å²) in [4.78, 5) is 4.15. The van der Waals surface area contributed by atoms with Crippen LogP contribution in [-0.4, -0.2) is 4.98 Å². The minimum absolute atomic E-state index is 0.130. The molecule has 0 radical (unpaired) electrons. The van der Waals surface area contributed by atoms with Gasteiger partial charge in [-0.1, -0.05) is 6.07 Å². The number of aryl methyl sites for hydroxylation is 1. The molecule has 94 valence electrons. The van der Waals surface area contributed by atoms with Gasteiger partial charge >= 0.3 is 0 Å². The summed E-state index contributed by atoms with van der Waals surface area (Å²) in [6, 6.07) is 8.10. The molecule has 2 rings (SSSR count). The Morgan fingerprint density at radius 1 is 1.28 bits per heavy atom. The number of rotatable bonds is 3. The van der Waals surface area contributed by atoms with Crippen LogP contribution in [0.5, 0.6) is 11.5 Å². The lowest BCUT2D eigenvalue weighted by atomic mass is 10.2. The maximum Gasteiger partial charge on any atom is 0.165 e. The van der Waals surface area contributed by atoms with E-state index >= 15 is 0 Å². The third-order valence-electron chi connectivity index (χ3n) is 2.54. The molecule has 1 heterocycles. The van der Waals surface area contributed by atoms with E-state index in [2.05, 4.69) is 4.98 Å². The van der Waals surface area contributed by atoms with Crippen LogP contribution in [-0.2, 0) is 0 Å². The van der Waals surface area contributed by atoms with Gasteiger partial charge < -0.3 is 10.5 Å². The fraction of sp³-hybridized carbons (Fsp3) is 0.214. The first-order valence-corrected chi connectivity index (χ1v) is 5.72. The molecule has 0 saturated heterocycles. The van der Waals surface area contributed by atoms with Crippen LogP contribution in [0.3, 0.4) is 0 Å². The second kappa shape index (κ2) is 5.14. The van der Waals surface area contributed by atoms with Crippen LogP contribution in [0.2, 0.25) is 0 Å². The van der Waals surface area contributed by atoms with Crippen LogP contribution < -0.4 is 10.5 Å². The Morgan fingerprint density at radius 3 is 2.67 bits per heavy atom. The van der Waals surface area contributed by atoms with Crippen LogP contribution in [0, 0.1) is 12.7 Å². The quantitative estimate of drug-likeness (QED) is 0.903. The van der Waals surface area contributed by atoms with E-state index in [1.165, 1.54) is 6.07 Å². The lowest BCUT2D eigenvalue weighted by Crippen LogP contribution is -2.06. The van der Waals surface area contributed by atoms with Crippen molar-refractivity contribution in [1.82, 2.24) is 4.98 Å². The summed E-state index contributed by atoms with van der Waals surface area (Å²) in [7, 11) is 0. The van der Waals surface area contributed by atoms with Crippen molar-refractivity contribution in [2.45, 2.75) is 19.9 Å². The molecule has 3 nitrogen and oxygen atoms in total. The second-order valence-electron chi connectivity index (χ2n) is 4.24. The Morgan fingerprint density at radius 2 is 2.06 bits per heavy atom. The lowest BCUT2D eigenvalue weighted by Gasteiger charge is -2.09. The Bertz CT molecular complexity index is 538. The predicted molar refractivity (Wildman–Crippen MR) is 68.1 cm³/mol. The van der Waals surface area contributed by atoms with Gasteiger partial charge in [0.05, 0.1) is 11.9 Å². The zero-order valence-electron chi connectivity index (χ0n) is 10.4. The number of ether oxygens (including phenoxy) is 1. The van der Waals surface area contributed by atoms with Gasteiger partial charge in [-0.05, 0) is 43.7 Å². The molecule has 0 fully saturated rings. The molecule has 0 amide bonds. The van der Waals surface area contributed by atoms with Gasteiger partial charge in [0.2, 0.25) is 0 Å². The Kier molecular flexibility index (Phi) is 3.58. The number of aromatic nitrogens is 1. The molecule has 4 heteroatoms. The Labute approximate surface area is 105 Å². The summed E-state index contributed by atoms with van der Waals surface area (Å²) in [5, 5.41) is 0. The number of benzene rings is 1. The molecule has 0 unspecified atom stereocenters. The van der Waals surface area contributed by atoms with E-state index in [-0.39, 0.29) is 11.8 Å². The summed E-state index contributed by atoms with van der Waals surface area (Å²) >= 11 is 0. The highest BCUT2D eigenvalue weighted by Crippen LogP contribution is 2.25. The van der Waals surface area contributed by atoms with Crippen LogP contribution in [0.4, 0.5) is 4.39 Å². The minimum atomic E-state index is -0.392. The van der Waals surface area contributed by atoms with Crippen molar-refractivity contribution in [2.75, 3.05) is 0 Å². The highest BCUT2D eigenvalue weighted by Gasteiger charge is 2.06. The molecule has 1 atom stereocenters. The molecular formula is C14H15FN2O. The first-order chi connectivity index (χ1) is 8.56. The molecule has 1 aromatic heterocycles. The van der Waals surface area contributed by atoms with Gasteiger partial charge in [-0.25, -0.2) is 4.39 Å². The monoisotopic (exact) mass is 246 g/mol. The SMILES string of the molecule is Cc1ccc(F)c(Oc2ccc([C@H](C)N)nc2)c1. The number of pyridine rings is 1. The van der Waals surface area contributed by atoms with Crippen molar-refractivity contribution in [3.05, 3.63) is 53.6 Å². The number of halogens is 1. The van der Waals surface area contributed by atoms with E-state index in [1.54, 1.807) is 30.5 Å². The molecule has 2 aromatic rings. The maximum atomic E-state index is 13.5. The summed E-state index contributed by atoms with van der Waals surface area (Å²) in [5.41, 5.74) is 7.40. The molecular weight excluding hydrogens is 231 g/mol. The molecule has 2 N–H and O–H groups in total. The van der Waals surface area contributed by atoms with Crippen molar-refractivity contribution in [3.63, 3.8) is 0 Å². The molecule has 0 aliphatic carbocycles. The summed E-state index contributed by atoms with van der Waals surface area (Å²) in [5.74, 6) is 0.297. The van der Waals surface area contributed by atoms with Gasteiger partial charge in [-0.3, -0.25) is 4.98 Å². The first-order valence-electron chi connectivity index (χ1n) is 5.72. The van der Waals surface area contributed by atoms with E-state index < -0.39 is 5.82 Å². The topological polar surface area (TPSA) is 48.1 Å². The van der Waals surface area contributed by atoms with Crippen molar-refractivity contribution in [2.24, 2.45) is 5.73 Å². The molecule has 0 bridgehead atoms. The fourth-order valence-electron chi connectivity index (χ4n) is 1.54. The van der Waals surface area contributed by atoms with Crippen LogP contribution >= 0.6 is 0 Å².